The van der Waals surface area contributed by atoms with Crippen molar-refractivity contribution in [1.29, 1.82) is 0 Å². The van der Waals surface area contributed by atoms with E-state index in [2.05, 4.69) is 9.84 Å². The van der Waals surface area contributed by atoms with Crippen LogP contribution in [0.2, 0.25) is 0 Å². The molecule has 202 valence electrons. The molecule has 0 N–H and O–H groups in total. The summed E-state index contributed by atoms with van der Waals surface area (Å²) in [5, 5.41) is 4.22. The fourth-order valence-electron chi connectivity index (χ4n) is 4.16. The average molecular weight is 524 g/mol. The molecule has 0 radical (unpaired) electrons. The number of aryl methyl sites for hydroxylation is 2. The summed E-state index contributed by atoms with van der Waals surface area (Å²) in [4.78, 5) is 14.7. The summed E-state index contributed by atoms with van der Waals surface area (Å²) in [6.07, 6.45) is -11.7. The Morgan fingerprint density at radius 2 is 1.69 bits per heavy atom. The van der Waals surface area contributed by atoms with E-state index in [1.54, 1.807) is 41.7 Å². The second-order valence-corrected chi connectivity index (χ2v) is 8.84. The molecule has 0 saturated carbocycles. The van der Waals surface area contributed by atoms with Crippen molar-refractivity contribution in [2.24, 2.45) is 13.0 Å². The Morgan fingerprint density at radius 1 is 1.11 bits per heavy atom. The van der Waals surface area contributed by atoms with Gasteiger partial charge in [-0.05, 0) is 50.8 Å². The van der Waals surface area contributed by atoms with Crippen LogP contribution in [0.3, 0.4) is 0 Å². The molecule has 36 heavy (non-hydrogen) atoms. The van der Waals surface area contributed by atoms with E-state index in [1.165, 1.54) is 15.6 Å². The first kappa shape index (κ1) is 29.6. The number of hydrogen-bond acceptors (Lipinski definition) is 4. The highest BCUT2D eigenvalue weighted by molar-refractivity contribution is 6.07. The lowest BCUT2D eigenvalue weighted by molar-refractivity contribution is -0.383. The van der Waals surface area contributed by atoms with Crippen molar-refractivity contribution in [1.82, 2.24) is 9.78 Å². The maximum atomic E-state index is 14.0. The molecule has 1 aromatic heterocycles. The van der Waals surface area contributed by atoms with E-state index < -0.39 is 29.4 Å². The number of benzene rings is 1. The first-order valence-corrected chi connectivity index (χ1v) is 11.2. The van der Waals surface area contributed by atoms with Gasteiger partial charge in [0.25, 0.3) is 11.5 Å². The van der Waals surface area contributed by atoms with Crippen molar-refractivity contribution in [2.75, 3.05) is 25.3 Å². The molecule has 0 aliphatic heterocycles. The highest BCUT2D eigenvalue weighted by Gasteiger charge is 2.73. The average Bonchev–Trinajstić information content (AvgIpc) is 2.99. The zero-order valence-electron chi connectivity index (χ0n) is 21.3. The largest absolute Gasteiger partial charge is 0.430 e. The van der Waals surface area contributed by atoms with E-state index in [4.69, 9.17) is 4.74 Å². The second kappa shape index (κ2) is 10.8. The van der Waals surface area contributed by atoms with Gasteiger partial charge in [0, 0.05) is 37.7 Å². The van der Waals surface area contributed by atoms with Gasteiger partial charge in [-0.1, -0.05) is 19.9 Å². The van der Waals surface area contributed by atoms with E-state index in [9.17, 15) is 31.1 Å². The first-order chi connectivity index (χ1) is 16.5. The topological polar surface area (TPSA) is 56.6 Å². The molecular weight excluding hydrogens is 492 g/mol. The Morgan fingerprint density at radius 3 is 2.11 bits per heavy atom. The number of alkyl halides is 6. The summed E-state index contributed by atoms with van der Waals surface area (Å²) < 4.78 is 95.2. The van der Waals surface area contributed by atoms with Crippen LogP contribution in [0, 0.1) is 19.8 Å². The predicted octanol–water partition coefficient (Wildman–Crippen LogP) is 5.84. The van der Waals surface area contributed by atoms with E-state index in [0.717, 1.165) is 12.1 Å². The van der Waals surface area contributed by atoms with Gasteiger partial charge in [-0.25, -0.2) is 0 Å². The number of ether oxygens (including phenoxy) is 2. The second-order valence-electron chi connectivity index (χ2n) is 8.84. The lowest BCUT2D eigenvalue weighted by Gasteiger charge is -2.38. The number of amides is 1. The third kappa shape index (κ3) is 5.39. The number of aromatic nitrogens is 2. The van der Waals surface area contributed by atoms with Gasteiger partial charge in [0.1, 0.15) is 6.73 Å². The fourth-order valence-corrected chi connectivity index (χ4v) is 4.16. The molecule has 1 aromatic carbocycles. The van der Waals surface area contributed by atoms with Crippen molar-refractivity contribution in [3.05, 3.63) is 46.3 Å². The van der Waals surface area contributed by atoms with Crippen LogP contribution < -0.4 is 4.90 Å². The minimum atomic E-state index is -5.79. The van der Waals surface area contributed by atoms with E-state index in [-0.39, 0.29) is 42.5 Å². The standard InChI is InChI=1S/C24H31F6N3O3/c1-8-36-13-33(21(34)20-15(4)31-32(6)16(20)5)18-9-10-19(17(12-18)11-14(2)3)22(35-7,23(25,26)27)24(28,29)30/h9-10,12,14H,8,11,13H2,1-7H3. The molecule has 0 unspecified atom stereocenters. The van der Waals surface area contributed by atoms with Gasteiger partial charge in [0.15, 0.2) is 0 Å². The SMILES string of the molecule is CCOCN(C(=O)c1c(C)nn(C)c1C)c1ccc(C(OC)(C(F)(F)F)C(F)(F)F)c(CC(C)C)c1. The van der Waals surface area contributed by atoms with Crippen molar-refractivity contribution >= 4 is 11.6 Å². The molecule has 0 aliphatic carbocycles. The van der Waals surface area contributed by atoms with E-state index >= 15 is 0 Å². The molecule has 0 bridgehead atoms. The minimum Gasteiger partial charge on any atom is -0.361 e. The van der Waals surface area contributed by atoms with Crippen molar-refractivity contribution in [3.8, 4) is 0 Å². The van der Waals surface area contributed by atoms with Gasteiger partial charge >= 0.3 is 12.4 Å². The Balaban J connectivity index is 2.79. The maximum Gasteiger partial charge on any atom is 0.430 e. The Hall–Kier alpha value is -2.60. The first-order valence-electron chi connectivity index (χ1n) is 11.2. The summed E-state index contributed by atoms with van der Waals surface area (Å²) in [6, 6.07) is 2.94. The molecule has 1 heterocycles. The molecule has 1 amide bonds. The summed E-state index contributed by atoms with van der Waals surface area (Å²) >= 11 is 0. The molecule has 2 aromatic rings. The number of carbonyl (C=O) groups excluding carboxylic acids is 1. The lowest BCUT2D eigenvalue weighted by atomic mass is 9.84. The van der Waals surface area contributed by atoms with Crippen molar-refractivity contribution in [2.45, 2.75) is 59.0 Å². The van der Waals surface area contributed by atoms with Crippen LogP contribution >= 0.6 is 0 Å². The van der Waals surface area contributed by atoms with Gasteiger partial charge in [0.05, 0.1) is 11.3 Å². The quantitative estimate of drug-likeness (QED) is 0.306. The Kier molecular flexibility index (Phi) is 8.88. The molecular formula is C24H31F6N3O3. The van der Waals surface area contributed by atoms with Gasteiger partial charge in [-0.3, -0.25) is 14.4 Å². The van der Waals surface area contributed by atoms with Crippen molar-refractivity contribution in [3.63, 3.8) is 0 Å². The van der Waals surface area contributed by atoms with Crippen LogP contribution in [0.1, 0.15) is 53.6 Å². The van der Waals surface area contributed by atoms with Crippen molar-refractivity contribution < 1.29 is 40.6 Å². The molecule has 0 saturated heterocycles. The third-order valence-corrected chi connectivity index (χ3v) is 5.91. The number of methoxy groups -OCH3 is 1. The van der Waals surface area contributed by atoms with Crippen LogP contribution in [0.5, 0.6) is 0 Å². The molecule has 12 heteroatoms. The number of hydrogen-bond donors (Lipinski definition) is 0. The molecule has 0 atom stereocenters. The number of carbonyl (C=O) groups is 1. The third-order valence-electron chi connectivity index (χ3n) is 5.91. The molecule has 0 spiro atoms. The number of rotatable bonds is 9. The Labute approximate surface area is 206 Å². The summed E-state index contributed by atoms with van der Waals surface area (Å²) in [5.41, 5.74) is -4.52. The Bertz CT molecular complexity index is 1060. The minimum absolute atomic E-state index is 0.0878. The van der Waals surface area contributed by atoms with Gasteiger partial charge < -0.3 is 9.47 Å². The molecule has 2 rings (SSSR count). The van der Waals surface area contributed by atoms with Gasteiger partial charge in [-0.15, -0.1) is 0 Å². The summed E-state index contributed by atoms with van der Waals surface area (Å²) in [6.45, 7) is 8.29. The normalized spacial score (nSPS) is 12.9. The number of anilines is 1. The highest BCUT2D eigenvalue weighted by Crippen LogP contribution is 2.54. The smallest absolute Gasteiger partial charge is 0.361 e. The van der Waals surface area contributed by atoms with Gasteiger partial charge in [0.2, 0.25) is 0 Å². The van der Waals surface area contributed by atoms with Crippen LogP contribution in [-0.2, 0) is 28.5 Å². The lowest BCUT2D eigenvalue weighted by Crippen LogP contribution is -2.56. The predicted molar refractivity (Wildman–Crippen MR) is 122 cm³/mol. The monoisotopic (exact) mass is 523 g/mol. The van der Waals surface area contributed by atoms with Crippen LogP contribution in [0.25, 0.3) is 0 Å². The zero-order chi connectivity index (χ0) is 27.6. The number of halogens is 6. The summed E-state index contributed by atoms with van der Waals surface area (Å²) in [7, 11) is 2.03. The number of nitrogens with zero attached hydrogens (tertiary/aromatic N) is 3. The molecule has 0 aliphatic rings. The molecule has 6 nitrogen and oxygen atoms in total. The van der Waals surface area contributed by atoms with Crippen LogP contribution in [0.4, 0.5) is 32.0 Å². The van der Waals surface area contributed by atoms with E-state index in [0.29, 0.717) is 18.5 Å². The zero-order valence-corrected chi connectivity index (χ0v) is 21.3. The van der Waals surface area contributed by atoms with Crippen LogP contribution in [-0.4, -0.2) is 48.5 Å². The maximum absolute atomic E-state index is 14.0. The molecule has 0 fully saturated rings. The van der Waals surface area contributed by atoms with E-state index in [1.807, 2.05) is 0 Å². The van der Waals surface area contributed by atoms with Crippen LogP contribution in [0.15, 0.2) is 18.2 Å². The summed E-state index contributed by atoms with van der Waals surface area (Å²) in [5.74, 6) is -0.840. The van der Waals surface area contributed by atoms with Gasteiger partial charge in [-0.2, -0.15) is 31.4 Å². The highest BCUT2D eigenvalue weighted by atomic mass is 19.4. The fraction of sp³-hybridized carbons (Fsp3) is 0.583.